The number of nitrogens with two attached hydrogens (primary N) is 1. The van der Waals surface area contributed by atoms with E-state index in [0.29, 0.717) is 24.3 Å². The number of benzene rings is 1. The molecular weight excluding hydrogens is 280 g/mol. The number of carbonyl (C=O) groups is 1. The Hall–Kier alpha value is -1.76. The molecule has 1 aromatic rings. The molecule has 2 rings (SSSR count). The maximum Gasteiger partial charge on any atom is 0.244 e. The number of hydrogen-bond donors (Lipinski definition) is 2. The predicted molar refractivity (Wildman–Crippen MR) is 76.4 cm³/mol. The Morgan fingerprint density at radius 3 is 2.70 bits per heavy atom. The molecule has 1 fully saturated rings. The first kappa shape index (κ1) is 14.6. The Balaban J connectivity index is 2.37. The van der Waals surface area contributed by atoms with Crippen LogP contribution in [0.5, 0.6) is 5.75 Å². The first-order chi connectivity index (χ1) is 9.38. The van der Waals surface area contributed by atoms with Crippen molar-refractivity contribution in [3.63, 3.8) is 0 Å². The van der Waals surface area contributed by atoms with Gasteiger partial charge in [-0.1, -0.05) is 12.1 Å². The van der Waals surface area contributed by atoms with E-state index in [4.69, 9.17) is 10.5 Å². The molecule has 1 unspecified atom stereocenters. The average Bonchev–Trinajstić information content (AvgIpc) is 2.38. The van der Waals surface area contributed by atoms with E-state index in [1.54, 1.807) is 24.3 Å². The van der Waals surface area contributed by atoms with Crippen LogP contribution in [0.25, 0.3) is 0 Å². The largest absolute Gasteiger partial charge is 0.495 e. The van der Waals surface area contributed by atoms with Crippen molar-refractivity contribution in [3.8, 4) is 5.75 Å². The summed E-state index contributed by atoms with van der Waals surface area (Å²) in [5.74, 6) is -0.314. The standard InChI is InChI=1S/C13H18N2O4S/c1-19-11-6-3-2-5-10(11)15-13(12(14)16)7-4-8-20(17,18)9-13/h2-3,5-6,15H,4,7-9H2,1H3,(H2,14,16). The third-order valence-corrected chi connectivity index (χ3v) is 5.32. The lowest BCUT2D eigenvalue weighted by molar-refractivity contribution is -0.122. The van der Waals surface area contributed by atoms with Gasteiger partial charge in [-0.2, -0.15) is 0 Å². The summed E-state index contributed by atoms with van der Waals surface area (Å²) >= 11 is 0. The lowest BCUT2D eigenvalue weighted by Crippen LogP contribution is -2.57. The van der Waals surface area contributed by atoms with E-state index >= 15 is 0 Å². The predicted octanol–water partition coefficient (Wildman–Crippen LogP) is 0.540. The molecule has 0 bridgehead atoms. The van der Waals surface area contributed by atoms with Gasteiger partial charge >= 0.3 is 0 Å². The number of ether oxygens (including phenoxy) is 1. The maximum atomic E-state index is 11.8. The summed E-state index contributed by atoms with van der Waals surface area (Å²) in [6, 6.07) is 7.02. The molecule has 110 valence electrons. The molecule has 0 aromatic heterocycles. The van der Waals surface area contributed by atoms with Crippen LogP contribution in [0.15, 0.2) is 24.3 Å². The zero-order valence-corrected chi connectivity index (χ0v) is 12.1. The third-order valence-electron chi connectivity index (χ3n) is 3.48. The summed E-state index contributed by atoms with van der Waals surface area (Å²) in [5, 5.41) is 2.99. The fourth-order valence-electron chi connectivity index (χ4n) is 2.47. The molecule has 6 nitrogen and oxygen atoms in total. The minimum atomic E-state index is -3.28. The molecule has 7 heteroatoms. The molecule has 1 aliphatic heterocycles. The van der Waals surface area contributed by atoms with Gasteiger partial charge < -0.3 is 15.8 Å². The van der Waals surface area contributed by atoms with E-state index in [1.165, 1.54) is 7.11 Å². The number of para-hydroxylation sites is 2. The van der Waals surface area contributed by atoms with Crippen molar-refractivity contribution < 1.29 is 17.9 Å². The number of hydrogen-bond acceptors (Lipinski definition) is 5. The van der Waals surface area contributed by atoms with E-state index in [2.05, 4.69) is 5.32 Å². The summed E-state index contributed by atoms with van der Waals surface area (Å²) in [6.45, 7) is 0. The van der Waals surface area contributed by atoms with Crippen molar-refractivity contribution in [3.05, 3.63) is 24.3 Å². The molecule has 1 aliphatic rings. The number of carbonyl (C=O) groups excluding carboxylic acids is 1. The van der Waals surface area contributed by atoms with Gasteiger partial charge in [0.25, 0.3) is 0 Å². The highest BCUT2D eigenvalue weighted by molar-refractivity contribution is 7.91. The lowest BCUT2D eigenvalue weighted by Gasteiger charge is -2.35. The SMILES string of the molecule is COc1ccccc1NC1(C(N)=O)CCCS(=O)(=O)C1. The van der Waals surface area contributed by atoms with Crippen LogP contribution < -0.4 is 15.8 Å². The molecule has 1 aromatic carbocycles. The Bertz CT molecular complexity index is 615. The summed E-state index contributed by atoms with van der Waals surface area (Å²) in [6.07, 6.45) is 0.799. The van der Waals surface area contributed by atoms with E-state index in [1.807, 2.05) is 0 Å². The molecule has 0 radical (unpaired) electrons. The number of primary amides is 1. The molecule has 0 saturated carbocycles. The molecule has 0 spiro atoms. The number of methoxy groups -OCH3 is 1. The zero-order valence-electron chi connectivity index (χ0n) is 11.3. The van der Waals surface area contributed by atoms with Crippen LogP contribution in [0.2, 0.25) is 0 Å². The van der Waals surface area contributed by atoms with E-state index in [-0.39, 0.29) is 11.5 Å². The van der Waals surface area contributed by atoms with Gasteiger partial charge in [-0.25, -0.2) is 8.42 Å². The molecule has 3 N–H and O–H groups in total. The average molecular weight is 298 g/mol. The smallest absolute Gasteiger partial charge is 0.244 e. The molecule has 1 heterocycles. The Kier molecular flexibility index (Phi) is 3.89. The topological polar surface area (TPSA) is 98.5 Å². The van der Waals surface area contributed by atoms with E-state index < -0.39 is 21.3 Å². The zero-order chi connectivity index (χ0) is 14.8. The number of sulfone groups is 1. The number of rotatable bonds is 4. The van der Waals surface area contributed by atoms with E-state index in [0.717, 1.165) is 0 Å². The second-order valence-electron chi connectivity index (χ2n) is 4.97. The summed E-state index contributed by atoms with van der Waals surface area (Å²) in [5.41, 5.74) is 4.74. The van der Waals surface area contributed by atoms with Gasteiger partial charge in [-0.15, -0.1) is 0 Å². The highest BCUT2D eigenvalue weighted by atomic mass is 32.2. The Morgan fingerprint density at radius 2 is 2.10 bits per heavy atom. The normalized spacial score (nSPS) is 24.9. The summed E-state index contributed by atoms with van der Waals surface area (Å²) < 4.78 is 28.9. The van der Waals surface area contributed by atoms with Crippen LogP contribution in [0.1, 0.15) is 12.8 Å². The van der Waals surface area contributed by atoms with Crippen molar-refractivity contribution in [1.29, 1.82) is 0 Å². The highest BCUT2D eigenvalue weighted by Gasteiger charge is 2.44. The van der Waals surface area contributed by atoms with Gasteiger partial charge in [0, 0.05) is 0 Å². The van der Waals surface area contributed by atoms with Gasteiger partial charge in [0.2, 0.25) is 5.91 Å². The van der Waals surface area contributed by atoms with Gasteiger partial charge in [-0.3, -0.25) is 4.79 Å². The Morgan fingerprint density at radius 1 is 1.40 bits per heavy atom. The maximum absolute atomic E-state index is 11.8. The molecule has 20 heavy (non-hydrogen) atoms. The fraction of sp³-hybridized carbons (Fsp3) is 0.462. The van der Waals surface area contributed by atoms with Crippen molar-refractivity contribution in [2.24, 2.45) is 5.73 Å². The van der Waals surface area contributed by atoms with Gasteiger partial charge in [0.05, 0.1) is 24.3 Å². The second-order valence-corrected chi connectivity index (χ2v) is 7.15. The Labute approximate surface area is 118 Å². The highest BCUT2D eigenvalue weighted by Crippen LogP contribution is 2.31. The molecule has 0 aliphatic carbocycles. The molecule has 1 atom stereocenters. The van der Waals surface area contributed by atoms with Crippen molar-refractivity contribution in [2.45, 2.75) is 18.4 Å². The minimum absolute atomic E-state index is 0.0929. The van der Waals surface area contributed by atoms with Crippen LogP contribution in [0, 0.1) is 0 Å². The number of nitrogens with one attached hydrogen (secondary N) is 1. The third kappa shape index (κ3) is 2.87. The quantitative estimate of drug-likeness (QED) is 0.845. The van der Waals surface area contributed by atoms with E-state index in [9.17, 15) is 13.2 Å². The van der Waals surface area contributed by atoms with Gasteiger partial charge in [0.1, 0.15) is 11.3 Å². The molecular formula is C13H18N2O4S. The first-order valence-corrected chi connectivity index (χ1v) is 8.12. The van der Waals surface area contributed by atoms with Gasteiger partial charge in [-0.05, 0) is 25.0 Å². The lowest BCUT2D eigenvalue weighted by atomic mass is 9.94. The van der Waals surface area contributed by atoms with Crippen molar-refractivity contribution in [1.82, 2.24) is 0 Å². The second kappa shape index (κ2) is 5.32. The fourth-order valence-corrected chi connectivity index (χ4v) is 4.31. The van der Waals surface area contributed by atoms with Crippen LogP contribution in [0.3, 0.4) is 0 Å². The molecule has 1 amide bonds. The summed E-state index contributed by atoms with van der Waals surface area (Å²) in [4.78, 5) is 11.8. The minimum Gasteiger partial charge on any atom is -0.495 e. The summed E-state index contributed by atoms with van der Waals surface area (Å²) in [7, 11) is -1.77. The van der Waals surface area contributed by atoms with Crippen molar-refractivity contribution in [2.75, 3.05) is 23.9 Å². The van der Waals surface area contributed by atoms with Crippen LogP contribution in [-0.2, 0) is 14.6 Å². The monoisotopic (exact) mass is 298 g/mol. The van der Waals surface area contributed by atoms with Gasteiger partial charge in [0.15, 0.2) is 9.84 Å². The van der Waals surface area contributed by atoms with Crippen LogP contribution >= 0.6 is 0 Å². The first-order valence-electron chi connectivity index (χ1n) is 6.30. The number of anilines is 1. The van der Waals surface area contributed by atoms with Crippen LogP contribution in [0.4, 0.5) is 5.69 Å². The van der Waals surface area contributed by atoms with Crippen molar-refractivity contribution >= 4 is 21.4 Å². The molecule has 1 saturated heterocycles. The number of amides is 1. The van der Waals surface area contributed by atoms with Crippen LogP contribution in [-0.4, -0.2) is 38.5 Å².